The molecule has 1 aromatic rings. The monoisotopic (exact) mass is 317 g/mol. The minimum atomic E-state index is 0.189. The summed E-state index contributed by atoms with van der Waals surface area (Å²) in [5, 5.41) is 0. The lowest BCUT2D eigenvalue weighted by Gasteiger charge is -2.35. The van der Waals surface area contributed by atoms with Crippen LogP contribution in [0, 0.1) is 0 Å². The first-order valence-electron chi connectivity index (χ1n) is 8.30. The molecule has 5 heteroatoms. The highest BCUT2D eigenvalue weighted by Crippen LogP contribution is 2.09. The van der Waals surface area contributed by atoms with Gasteiger partial charge in [0.05, 0.1) is 0 Å². The van der Waals surface area contributed by atoms with E-state index < -0.39 is 0 Å². The van der Waals surface area contributed by atoms with E-state index in [1.165, 1.54) is 5.56 Å². The Morgan fingerprint density at radius 1 is 0.913 bits per heavy atom. The van der Waals surface area contributed by atoms with Crippen molar-refractivity contribution in [2.24, 2.45) is 0 Å². The maximum atomic E-state index is 12.3. The molecule has 0 N–H and O–H groups in total. The van der Waals surface area contributed by atoms with Gasteiger partial charge >= 0.3 is 0 Å². The predicted octanol–water partition coefficient (Wildman–Crippen LogP) is 1.24. The van der Waals surface area contributed by atoms with Gasteiger partial charge in [0.1, 0.15) is 0 Å². The van der Waals surface area contributed by atoms with Gasteiger partial charge in [-0.2, -0.15) is 0 Å². The van der Waals surface area contributed by atoms with E-state index in [9.17, 15) is 9.59 Å². The maximum Gasteiger partial charge on any atom is 0.223 e. The fraction of sp³-hybridized carbons (Fsp3) is 0.556. The van der Waals surface area contributed by atoms with Crippen molar-refractivity contribution >= 4 is 11.8 Å². The highest BCUT2D eigenvalue weighted by atomic mass is 16.2. The molecule has 0 unspecified atom stereocenters. The second-order valence-electron chi connectivity index (χ2n) is 6.30. The van der Waals surface area contributed by atoms with Gasteiger partial charge in [-0.05, 0) is 26.1 Å². The molecule has 1 aliphatic heterocycles. The molecule has 0 aromatic heterocycles. The third-order valence-corrected chi connectivity index (χ3v) is 4.23. The summed E-state index contributed by atoms with van der Waals surface area (Å²) in [7, 11) is 3.94. The van der Waals surface area contributed by atoms with Gasteiger partial charge in [-0.15, -0.1) is 0 Å². The molecule has 1 fully saturated rings. The van der Waals surface area contributed by atoms with Crippen LogP contribution in [0.1, 0.15) is 18.4 Å². The fourth-order valence-corrected chi connectivity index (χ4v) is 2.74. The number of hydrogen-bond acceptors (Lipinski definition) is 3. The van der Waals surface area contributed by atoms with Crippen molar-refractivity contribution in [3.63, 3.8) is 0 Å². The zero-order valence-corrected chi connectivity index (χ0v) is 14.2. The summed E-state index contributed by atoms with van der Waals surface area (Å²) in [5.41, 5.74) is 1.19. The summed E-state index contributed by atoms with van der Waals surface area (Å²) >= 11 is 0. The summed E-state index contributed by atoms with van der Waals surface area (Å²) in [6, 6.07) is 10.1. The third-order valence-electron chi connectivity index (χ3n) is 4.23. The molecular formula is C18H27N3O2. The van der Waals surface area contributed by atoms with Gasteiger partial charge in [-0.25, -0.2) is 0 Å². The average molecular weight is 317 g/mol. The maximum absolute atomic E-state index is 12.3. The molecule has 0 atom stereocenters. The van der Waals surface area contributed by atoms with E-state index in [1.54, 1.807) is 0 Å². The Bertz CT molecular complexity index is 508. The fourth-order valence-electron chi connectivity index (χ4n) is 2.74. The zero-order valence-electron chi connectivity index (χ0n) is 14.2. The zero-order chi connectivity index (χ0) is 16.7. The molecule has 126 valence electrons. The molecular weight excluding hydrogens is 290 g/mol. The van der Waals surface area contributed by atoms with Gasteiger partial charge in [0, 0.05) is 45.6 Å². The second kappa shape index (κ2) is 8.67. The van der Waals surface area contributed by atoms with Crippen LogP contribution >= 0.6 is 0 Å². The minimum absolute atomic E-state index is 0.189. The van der Waals surface area contributed by atoms with Gasteiger partial charge < -0.3 is 14.7 Å². The van der Waals surface area contributed by atoms with Gasteiger partial charge in [0.15, 0.2) is 0 Å². The van der Waals surface area contributed by atoms with Gasteiger partial charge in [-0.3, -0.25) is 9.59 Å². The third kappa shape index (κ3) is 5.67. The van der Waals surface area contributed by atoms with E-state index >= 15 is 0 Å². The molecule has 1 saturated heterocycles. The van der Waals surface area contributed by atoms with E-state index in [4.69, 9.17) is 0 Å². The summed E-state index contributed by atoms with van der Waals surface area (Å²) in [6.07, 6.45) is 1.87. The SMILES string of the molecule is CN(C)CCC(=O)N1CCN(C(=O)CCc2ccccc2)CC1. The van der Waals surface area contributed by atoms with Crippen LogP contribution in [0.4, 0.5) is 0 Å². The van der Waals surface area contributed by atoms with Crippen LogP contribution in [0.3, 0.4) is 0 Å². The van der Waals surface area contributed by atoms with Gasteiger partial charge in [0.2, 0.25) is 11.8 Å². The number of carbonyl (C=O) groups excluding carboxylic acids is 2. The summed E-state index contributed by atoms with van der Waals surface area (Å²) in [4.78, 5) is 30.1. The molecule has 2 rings (SSSR count). The Morgan fingerprint density at radius 3 is 1.96 bits per heavy atom. The van der Waals surface area contributed by atoms with E-state index in [0.29, 0.717) is 39.0 Å². The molecule has 1 heterocycles. The van der Waals surface area contributed by atoms with Crippen molar-refractivity contribution in [1.29, 1.82) is 0 Å². The quantitative estimate of drug-likeness (QED) is 0.793. The van der Waals surface area contributed by atoms with E-state index in [-0.39, 0.29) is 11.8 Å². The van der Waals surface area contributed by atoms with Crippen molar-refractivity contribution in [2.75, 3.05) is 46.8 Å². The van der Waals surface area contributed by atoms with E-state index in [2.05, 4.69) is 12.1 Å². The number of carbonyl (C=O) groups is 2. The molecule has 2 amide bonds. The Hall–Kier alpha value is -1.88. The smallest absolute Gasteiger partial charge is 0.223 e. The van der Waals surface area contributed by atoms with Crippen LogP contribution in [-0.2, 0) is 16.0 Å². The van der Waals surface area contributed by atoms with Crippen molar-refractivity contribution in [3.8, 4) is 0 Å². The van der Waals surface area contributed by atoms with Crippen LogP contribution in [0.2, 0.25) is 0 Å². The highest BCUT2D eigenvalue weighted by molar-refractivity contribution is 5.78. The normalized spacial score (nSPS) is 15.1. The topological polar surface area (TPSA) is 43.9 Å². The number of amides is 2. The van der Waals surface area contributed by atoms with Crippen LogP contribution in [-0.4, -0.2) is 73.3 Å². The molecule has 0 radical (unpaired) electrons. The number of rotatable bonds is 6. The Kier molecular flexibility index (Phi) is 6.59. The first-order chi connectivity index (χ1) is 11.1. The molecule has 0 bridgehead atoms. The van der Waals surface area contributed by atoms with Crippen LogP contribution in [0.25, 0.3) is 0 Å². The van der Waals surface area contributed by atoms with Gasteiger partial charge in [-0.1, -0.05) is 30.3 Å². The van der Waals surface area contributed by atoms with E-state index in [0.717, 1.165) is 13.0 Å². The largest absolute Gasteiger partial charge is 0.339 e. The summed E-state index contributed by atoms with van der Waals surface area (Å²) < 4.78 is 0. The molecule has 1 aromatic carbocycles. The number of aryl methyl sites for hydroxylation is 1. The summed E-state index contributed by atoms with van der Waals surface area (Å²) in [6.45, 7) is 3.39. The van der Waals surface area contributed by atoms with E-state index in [1.807, 2.05) is 47.0 Å². The lowest BCUT2D eigenvalue weighted by atomic mass is 10.1. The van der Waals surface area contributed by atoms with Crippen molar-refractivity contribution < 1.29 is 9.59 Å². The Balaban J connectivity index is 1.71. The summed E-state index contributed by atoms with van der Waals surface area (Å²) in [5.74, 6) is 0.379. The minimum Gasteiger partial charge on any atom is -0.339 e. The molecule has 0 spiro atoms. The molecule has 23 heavy (non-hydrogen) atoms. The van der Waals surface area contributed by atoms with Crippen LogP contribution in [0.5, 0.6) is 0 Å². The average Bonchev–Trinajstić information content (AvgIpc) is 2.58. The van der Waals surface area contributed by atoms with Crippen molar-refractivity contribution in [1.82, 2.24) is 14.7 Å². The molecule has 1 aliphatic rings. The molecule has 0 saturated carbocycles. The number of hydrogen-bond donors (Lipinski definition) is 0. The van der Waals surface area contributed by atoms with Crippen molar-refractivity contribution in [2.45, 2.75) is 19.3 Å². The Labute approximate surface area is 138 Å². The standard InChI is InChI=1S/C18H27N3O2/c1-19(2)11-10-18(23)21-14-12-20(13-15-21)17(22)9-8-16-6-4-3-5-7-16/h3-7H,8-15H2,1-2H3. The first-order valence-corrected chi connectivity index (χ1v) is 8.30. The lowest BCUT2D eigenvalue weighted by Crippen LogP contribution is -2.51. The molecule has 5 nitrogen and oxygen atoms in total. The number of piperazine rings is 1. The van der Waals surface area contributed by atoms with Crippen molar-refractivity contribution in [3.05, 3.63) is 35.9 Å². The second-order valence-corrected chi connectivity index (χ2v) is 6.30. The first kappa shape index (κ1) is 17.5. The molecule has 0 aliphatic carbocycles. The number of nitrogens with zero attached hydrogens (tertiary/aromatic N) is 3. The lowest BCUT2D eigenvalue weighted by molar-refractivity contribution is -0.139. The Morgan fingerprint density at radius 2 is 1.43 bits per heavy atom. The van der Waals surface area contributed by atoms with Crippen LogP contribution < -0.4 is 0 Å². The van der Waals surface area contributed by atoms with Crippen LogP contribution in [0.15, 0.2) is 30.3 Å². The highest BCUT2D eigenvalue weighted by Gasteiger charge is 2.23. The van der Waals surface area contributed by atoms with Gasteiger partial charge in [0.25, 0.3) is 0 Å². The predicted molar refractivity (Wildman–Crippen MR) is 91.1 cm³/mol. The number of benzene rings is 1.